The van der Waals surface area contributed by atoms with Crippen molar-refractivity contribution in [3.63, 3.8) is 0 Å². The van der Waals surface area contributed by atoms with E-state index in [0.29, 0.717) is 0 Å². The van der Waals surface area contributed by atoms with Crippen LogP contribution < -0.4 is 0 Å². The zero-order valence-corrected chi connectivity index (χ0v) is 6.69. The van der Waals surface area contributed by atoms with Gasteiger partial charge in [-0.3, -0.25) is 0 Å². The van der Waals surface area contributed by atoms with E-state index in [1.807, 2.05) is 0 Å². The molecule has 6 heteroatoms. The van der Waals surface area contributed by atoms with E-state index in [9.17, 15) is 0 Å². The molecule has 3 saturated heterocycles. The molecule has 0 aromatic carbocycles. The van der Waals surface area contributed by atoms with Crippen LogP contribution in [-0.2, 0) is 29.3 Å². The van der Waals surface area contributed by atoms with Gasteiger partial charge in [0.05, 0.1) is 0 Å². The normalized spacial score (nSPS) is 24.0. The van der Waals surface area contributed by atoms with Gasteiger partial charge in [0.25, 0.3) is 0 Å². The first kappa shape index (κ1) is 9.85. The van der Waals surface area contributed by atoms with Crippen LogP contribution in [0, 0.1) is 0 Å². The minimum atomic E-state index is 0.778. The van der Waals surface area contributed by atoms with E-state index in [0.717, 1.165) is 39.6 Å². The molecule has 12 heavy (non-hydrogen) atoms. The third kappa shape index (κ3) is 5.42. The Morgan fingerprint density at radius 3 is 0.417 bits per heavy atom. The van der Waals surface area contributed by atoms with Gasteiger partial charge in [-0.25, -0.2) is 29.3 Å². The third-order valence-electron chi connectivity index (χ3n) is 1.00. The van der Waals surface area contributed by atoms with Gasteiger partial charge in [-0.15, -0.1) is 0 Å². The molecule has 0 aromatic rings. The standard InChI is InChI=1S/3C2H4O2/c3*1-2-4-3-1/h3*1-2H2. The lowest BCUT2D eigenvalue weighted by molar-refractivity contribution is -0.382. The summed E-state index contributed by atoms with van der Waals surface area (Å²) in [6.45, 7) is 4.67. The summed E-state index contributed by atoms with van der Waals surface area (Å²) in [7, 11) is 0. The van der Waals surface area contributed by atoms with Crippen LogP contribution in [0.1, 0.15) is 0 Å². The quantitative estimate of drug-likeness (QED) is 0.483. The smallest absolute Gasteiger partial charge is 0.109 e. The van der Waals surface area contributed by atoms with Crippen LogP contribution in [0.4, 0.5) is 0 Å². The Balaban J connectivity index is 0.0000000900. The summed E-state index contributed by atoms with van der Waals surface area (Å²) < 4.78 is 0. The Labute approximate surface area is 70.0 Å². The summed E-state index contributed by atoms with van der Waals surface area (Å²) in [5.41, 5.74) is 0. The fourth-order valence-corrected chi connectivity index (χ4v) is 0.250. The first-order valence-corrected chi connectivity index (χ1v) is 3.73. The molecule has 0 radical (unpaired) electrons. The molecule has 3 aliphatic heterocycles. The van der Waals surface area contributed by atoms with Gasteiger partial charge in [-0.1, -0.05) is 0 Å². The lowest BCUT2D eigenvalue weighted by Crippen LogP contribution is -2.14. The molecule has 0 unspecified atom stereocenters. The molecule has 0 aliphatic carbocycles. The topological polar surface area (TPSA) is 55.4 Å². The zero-order valence-electron chi connectivity index (χ0n) is 6.69. The number of hydrogen-bond acceptors (Lipinski definition) is 6. The summed E-state index contributed by atoms with van der Waals surface area (Å²) >= 11 is 0. The second-order valence-electron chi connectivity index (χ2n) is 1.93. The average molecular weight is 180 g/mol. The van der Waals surface area contributed by atoms with Crippen molar-refractivity contribution in [1.82, 2.24) is 0 Å². The second-order valence-corrected chi connectivity index (χ2v) is 1.93. The third-order valence-corrected chi connectivity index (χ3v) is 1.00. The predicted octanol–water partition coefficient (Wildman–Crippen LogP) is -0.155. The fourth-order valence-electron chi connectivity index (χ4n) is 0.250. The van der Waals surface area contributed by atoms with Crippen LogP contribution in [-0.4, -0.2) is 39.6 Å². The van der Waals surface area contributed by atoms with E-state index >= 15 is 0 Å². The molecule has 3 heterocycles. The molecule has 3 fully saturated rings. The molecular formula is C6H12O6. The maximum Gasteiger partial charge on any atom is 0.109 e. The van der Waals surface area contributed by atoms with Crippen LogP contribution in [0.3, 0.4) is 0 Å². The first-order valence-electron chi connectivity index (χ1n) is 3.73. The monoisotopic (exact) mass is 180 g/mol. The van der Waals surface area contributed by atoms with Gasteiger partial charge in [0.1, 0.15) is 39.6 Å². The Bertz CT molecular complexity index is 55.0. The largest absolute Gasteiger partial charge is 0.234 e. The van der Waals surface area contributed by atoms with E-state index < -0.39 is 0 Å². The zero-order chi connectivity index (χ0) is 8.49. The molecule has 0 amide bonds. The van der Waals surface area contributed by atoms with Crippen molar-refractivity contribution in [2.75, 3.05) is 39.6 Å². The number of hydrogen-bond donors (Lipinski definition) is 0. The lowest BCUT2D eigenvalue weighted by Gasteiger charge is -2.08. The Morgan fingerprint density at radius 1 is 0.333 bits per heavy atom. The van der Waals surface area contributed by atoms with Crippen LogP contribution in [0.25, 0.3) is 0 Å². The molecule has 3 aliphatic rings. The van der Waals surface area contributed by atoms with Gasteiger partial charge in [0.2, 0.25) is 0 Å². The van der Waals surface area contributed by atoms with Crippen LogP contribution in [0.2, 0.25) is 0 Å². The highest BCUT2D eigenvalue weighted by atomic mass is 17.2. The molecule has 0 bridgehead atoms. The summed E-state index contributed by atoms with van der Waals surface area (Å²) in [6.07, 6.45) is 0. The van der Waals surface area contributed by atoms with E-state index in [2.05, 4.69) is 29.3 Å². The maximum atomic E-state index is 4.22. The molecule has 0 saturated carbocycles. The Morgan fingerprint density at radius 2 is 0.417 bits per heavy atom. The predicted molar refractivity (Wildman–Crippen MR) is 35.7 cm³/mol. The number of rotatable bonds is 0. The van der Waals surface area contributed by atoms with E-state index in [4.69, 9.17) is 0 Å². The molecule has 0 atom stereocenters. The van der Waals surface area contributed by atoms with Gasteiger partial charge in [-0.05, 0) is 0 Å². The molecule has 3 rings (SSSR count). The van der Waals surface area contributed by atoms with E-state index in [-0.39, 0.29) is 0 Å². The summed E-state index contributed by atoms with van der Waals surface area (Å²) in [5.74, 6) is 0. The molecule has 0 N–H and O–H groups in total. The van der Waals surface area contributed by atoms with Crippen molar-refractivity contribution in [1.29, 1.82) is 0 Å². The van der Waals surface area contributed by atoms with Crippen molar-refractivity contribution in [2.24, 2.45) is 0 Å². The van der Waals surface area contributed by atoms with Gasteiger partial charge < -0.3 is 0 Å². The first-order chi connectivity index (χ1) is 6.00. The van der Waals surface area contributed by atoms with Crippen molar-refractivity contribution in [3.8, 4) is 0 Å². The van der Waals surface area contributed by atoms with Crippen molar-refractivity contribution in [2.45, 2.75) is 0 Å². The van der Waals surface area contributed by atoms with Gasteiger partial charge in [0, 0.05) is 0 Å². The minimum Gasteiger partial charge on any atom is -0.234 e. The van der Waals surface area contributed by atoms with Crippen LogP contribution >= 0.6 is 0 Å². The second kappa shape index (κ2) is 7.41. The van der Waals surface area contributed by atoms with Crippen molar-refractivity contribution < 1.29 is 29.3 Å². The summed E-state index contributed by atoms with van der Waals surface area (Å²) in [4.78, 5) is 25.3. The lowest BCUT2D eigenvalue weighted by atomic mass is 10.8. The minimum absolute atomic E-state index is 0.778. The Kier molecular flexibility index (Phi) is 6.08. The highest BCUT2D eigenvalue weighted by molar-refractivity contribution is 4.23. The van der Waals surface area contributed by atoms with Crippen LogP contribution in [0.15, 0.2) is 0 Å². The van der Waals surface area contributed by atoms with E-state index in [1.165, 1.54) is 0 Å². The average Bonchev–Trinajstić information content (AvgIpc) is 1.41. The SMILES string of the molecule is C1COO1.C1COO1.C1COO1. The van der Waals surface area contributed by atoms with Gasteiger partial charge in [0.15, 0.2) is 0 Å². The van der Waals surface area contributed by atoms with Crippen LogP contribution in [0.5, 0.6) is 0 Å². The van der Waals surface area contributed by atoms with Gasteiger partial charge >= 0.3 is 0 Å². The summed E-state index contributed by atoms with van der Waals surface area (Å²) in [5, 5.41) is 0. The van der Waals surface area contributed by atoms with E-state index in [1.54, 1.807) is 0 Å². The maximum absolute atomic E-state index is 4.22. The molecule has 0 aromatic heterocycles. The molecular weight excluding hydrogens is 168 g/mol. The van der Waals surface area contributed by atoms with Gasteiger partial charge in [-0.2, -0.15) is 0 Å². The molecule has 72 valence electrons. The Hall–Kier alpha value is -0.240. The highest BCUT2D eigenvalue weighted by Crippen LogP contribution is 1.88. The fraction of sp³-hybridized carbons (Fsp3) is 1.00. The molecule has 0 spiro atoms. The molecule has 6 nitrogen and oxygen atoms in total. The van der Waals surface area contributed by atoms with Crippen molar-refractivity contribution in [3.05, 3.63) is 0 Å². The van der Waals surface area contributed by atoms with Crippen molar-refractivity contribution >= 4 is 0 Å². The highest BCUT2D eigenvalue weighted by Gasteiger charge is 1.96. The summed E-state index contributed by atoms with van der Waals surface area (Å²) in [6, 6.07) is 0.